The van der Waals surface area contributed by atoms with E-state index in [2.05, 4.69) is 63.9 Å². The molecule has 0 fully saturated rings. The monoisotopic (exact) mass is 386 g/mol. The topological polar surface area (TPSA) is 0 Å². The first-order valence-corrected chi connectivity index (χ1v) is 7.67. The molecule has 0 spiro atoms. The fourth-order valence-electron chi connectivity index (χ4n) is 1.98. The molecule has 0 saturated heterocycles. The smallest absolute Gasteiger partial charge is 0.0848 e. The van der Waals surface area contributed by atoms with Crippen LogP contribution in [0.1, 0.15) is 27.6 Å². The number of rotatable bonds is 2. The highest BCUT2D eigenvalue weighted by Gasteiger charge is 2.16. The Labute approximate surface area is 130 Å². The number of aryl methyl sites for hydroxylation is 2. The number of halogens is 3. The molecule has 0 saturated carbocycles. The zero-order valence-corrected chi connectivity index (χ0v) is 14.1. The van der Waals surface area contributed by atoms with Crippen molar-refractivity contribution in [2.45, 2.75) is 19.2 Å². The zero-order chi connectivity index (χ0) is 13.3. The van der Waals surface area contributed by atoms with E-state index in [9.17, 15) is 0 Å². The zero-order valence-electron chi connectivity index (χ0n) is 10.2. The quantitative estimate of drug-likeness (QED) is 0.541. The van der Waals surface area contributed by atoms with Crippen LogP contribution in [0.2, 0.25) is 0 Å². The van der Waals surface area contributed by atoms with Crippen molar-refractivity contribution < 1.29 is 0 Å². The summed E-state index contributed by atoms with van der Waals surface area (Å²) >= 11 is 13.6. The molecule has 0 N–H and O–H groups in total. The first-order chi connectivity index (χ1) is 8.49. The van der Waals surface area contributed by atoms with Gasteiger partial charge in [0.25, 0.3) is 0 Å². The second-order valence-electron chi connectivity index (χ2n) is 4.39. The lowest BCUT2D eigenvalue weighted by Gasteiger charge is -2.15. The number of hydrogen-bond acceptors (Lipinski definition) is 0. The fraction of sp³-hybridized carbons (Fsp3) is 0.200. The van der Waals surface area contributed by atoms with Crippen LogP contribution in [-0.2, 0) is 0 Å². The Balaban J connectivity index is 2.44. The van der Waals surface area contributed by atoms with E-state index in [0.717, 1.165) is 20.1 Å². The van der Waals surface area contributed by atoms with E-state index < -0.39 is 0 Å². The second kappa shape index (κ2) is 5.77. The molecule has 0 aliphatic heterocycles. The van der Waals surface area contributed by atoms with Gasteiger partial charge in [0.05, 0.1) is 5.38 Å². The Bertz CT molecular complexity index is 527. The third kappa shape index (κ3) is 2.98. The predicted molar refractivity (Wildman–Crippen MR) is 85.5 cm³/mol. The van der Waals surface area contributed by atoms with Crippen molar-refractivity contribution in [2.24, 2.45) is 0 Å². The molecule has 1 atom stereocenters. The van der Waals surface area contributed by atoms with E-state index in [4.69, 9.17) is 11.6 Å². The van der Waals surface area contributed by atoms with Crippen LogP contribution in [-0.4, -0.2) is 0 Å². The van der Waals surface area contributed by atoms with Crippen molar-refractivity contribution in [3.63, 3.8) is 0 Å². The van der Waals surface area contributed by atoms with Gasteiger partial charge in [-0.1, -0.05) is 61.7 Å². The summed E-state index contributed by atoms with van der Waals surface area (Å²) in [6, 6.07) is 12.5. The Morgan fingerprint density at radius 1 is 0.944 bits per heavy atom. The van der Waals surface area contributed by atoms with Gasteiger partial charge in [-0.15, -0.1) is 11.6 Å². The van der Waals surface area contributed by atoms with Gasteiger partial charge in [-0.3, -0.25) is 0 Å². The van der Waals surface area contributed by atoms with Crippen molar-refractivity contribution in [2.75, 3.05) is 0 Å². The van der Waals surface area contributed by atoms with Crippen molar-refractivity contribution in [1.82, 2.24) is 0 Å². The highest BCUT2D eigenvalue weighted by molar-refractivity contribution is 9.11. The average molecular weight is 389 g/mol. The number of hydrogen-bond donors (Lipinski definition) is 0. The minimum absolute atomic E-state index is 0.131. The van der Waals surface area contributed by atoms with E-state index in [0.29, 0.717) is 0 Å². The van der Waals surface area contributed by atoms with Crippen molar-refractivity contribution in [3.05, 3.63) is 67.6 Å². The summed E-state index contributed by atoms with van der Waals surface area (Å²) in [5.74, 6) is 0. The minimum atomic E-state index is -0.131. The third-order valence-electron chi connectivity index (χ3n) is 2.93. The lowest BCUT2D eigenvalue weighted by Crippen LogP contribution is -1.98. The maximum absolute atomic E-state index is 6.60. The molecule has 1 unspecified atom stereocenters. The van der Waals surface area contributed by atoms with Crippen LogP contribution in [0.4, 0.5) is 0 Å². The fourth-order valence-corrected chi connectivity index (χ4v) is 3.83. The Morgan fingerprint density at radius 2 is 1.61 bits per heavy atom. The number of benzene rings is 2. The standard InChI is InChI=1S/C15H13Br2Cl/c1-9-3-5-12(10(2)7-9)15(18)13-6-4-11(16)8-14(13)17/h3-8,15H,1-2H3. The Hall–Kier alpha value is -0.310. The van der Waals surface area contributed by atoms with Crippen LogP contribution < -0.4 is 0 Å². The summed E-state index contributed by atoms with van der Waals surface area (Å²) in [6.07, 6.45) is 0. The van der Waals surface area contributed by atoms with E-state index in [1.807, 2.05) is 18.2 Å². The maximum atomic E-state index is 6.60. The van der Waals surface area contributed by atoms with Crippen molar-refractivity contribution in [1.29, 1.82) is 0 Å². The van der Waals surface area contributed by atoms with Crippen LogP contribution >= 0.6 is 43.5 Å². The lowest BCUT2D eigenvalue weighted by atomic mass is 9.98. The largest absolute Gasteiger partial charge is 0.113 e. The van der Waals surface area contributed by atoms with Crippen LogP contribution in [0.15, 0.2) is 45.3 Å². The van der Waals surface area contributed by atoms with E-state index in [1.165, 1.54) is 11.1 Å². The van der Waals surface area contributed by atoms with Gasteiger partial charge in [0.15, 0.2) is 0 Å². The second-order valence-corrected chi connectivity index (χ2v) is 6.59. The average Bonchev–Trinajstić information content (AvgIpc) is 2.28. The van der Waals surface area contributed by atoms with Crippen molar-refractivity contribution in [3.8, 4) is 0 Å². The van der Waals surface area contributed by atoms with Crippen LogP contribution in [0.3, 0.4) is 0 Å². The molecule has 2 aromatic rings. The first-order valence-electron chi connectivity index (χ1n) is 5.65. The molecule has 3 heteroatoms. The molecule has 94 valence electrons. The van der Waals surface area contributed by atoms with E-state index >= 15 is 0 Å². The lowest BCUT2D eigenvalue weighted by molar-refractivity contribution is 1.09. The van der Waals surface area contributed by atoms with E-state index in [1.54, 1.807) is 0 Å². The SMILES string of the molecule is Cc1ccc(C(Cl)c2ccc(Br)cc2Br)c(C)c1. The molecule has 0 amide bonds. The van der Waals surface area contributed by atoms with Crippen LogP contribution in [0.5, 0.6) is 0 Å². The highest BCUT2D eigenvalue weighted by Crippen LogP contribution is 2.36. The molecule has 0 nitrogen and oxygen atoms in total. The van der Waals surface area contributed by atoms with Crippen LogP contribution in [0.25, 0.3) is 0 Å². The predicted octanol–water partition coefficient (Wildman–Crippen LogP) is 6.16. The van der Waals surface area contributed by atoms with E-state index in [-0.39, 0.29) is 5.38 Å². The Morgan fingerprint density at radius 3 is 2.22 bits per heavy atom. The normalized spacial score (nSPS) is 12.5. The molecule has 0 aliphatic carbocycles. The maximum Gasteiger partial charge on any atom is 0.0848 e. The molecule has 18 heavy (non-hydrogen) atoms. The molecule has 2 rings (SSSR count). The van der Waals surface area contributed by atoms with Gasteiger partial charge in [0.1, 0.15) is 0 Å². The van der Waals surface area contributed by atoms with Gasteiger partial charge in [0, 0.05) is 8.95 Å². The molecule has 0 bridgehead atoms. The highest BCUT2D eigenvalue weighted by atomic mass is 79.9. The molecule has 2 aromatic carbocycles. The molecular weight excluding hydrogens is 375 g/mol. The van der Waals surface area contributed by atoms with Gasteiger partial charge in [-0.25, -0.2) is 0 Å². The number of alkyl halides is 1. The summed E-state index contributed by atoms with van der Waals surface area (Å²) in [4.78, 5) is 0. The summed E-state index contributed by atoms with van der Waals surface area (Å²) in [5.41, 5.74) is 4.73. The minimum Gasteiger partial charge on any atom is -0.113 e. The molecular formula is C15H13Br2Cl. The van der Waals surface area contributed by atoms with Gasteiger partial charge >= 0.3 is 0 Å². The van der Waals surface area contributed by atoms with Crippen LogP contribution in [0, 0.1) is 13.8 Å². The van der Waals surface area contributed by atoms with Gasteiger partial charge in [0.2, 0.25) is 0 Å². The molecule has 0 aliphatic rings. The van der Waals surface area contributed by atoms with Crippen molar-refractivity contribution >= 4 is 43.5 Å². The summed E-state index contributed by atoms with van der Waals surface area (Å²) in [5, 5.41) is -0.131. The van der Waals surface area contributed by atoms with Gasteiger partial charge in [-0.2, -0.15) is 0 Å². The third-order valence-corrected chi connectivity index (χ3v) is 4.58. The summed E-state index contributed by atoms with van der Waals surface area (Å²) in [7, 11) is 0. The van der Waals surface area contributed by atoms with Gasteiger partial charge in [-0.05, 0) is 42.7 Å². The molecule has 0 aromatic heterocycles. The summed E-state index contributed by atoms with van der Waals surface area (Å²) < 4.78 is 2.07. The molecule has 0 heterocycles. The first kappa shape index (κ1) is 14.1. The Kier molecular flexibility index (Phi) is 4.52. The molecule has 0 radical (unpaired) electrons. The summed E-state index contributed by atoms with van der Waals surface area (Å²) in [6.45, 7) is 4.19. The van der Waals surface area contributed by atoms with Gasteiger partial charge < -0.3 is 0 Å².